The Morgan fingerprint density at radius 2 is 1.78 bits per heavy atom. The van der Waals surface area contributed by atoms with E-state index >= 15 is 0 Å². The molecule has 196 valence electrons. The van der Waals surface area contributed by atoms with Crippen LogP contribution >= 0.6 is 0 Å². The summed E-state index contributed by atoms with van der Waals surface area (Å²) in [5, 5.41) is 7.34. The maximum absolute atomic E-state index is 13.0. The number of nitrogens with one attached hydrogen (secondary N) is 1. The van der Waals surface area contributed by atoms with E-state index < -0.39 is 5.54 Å². The number of aryl methyl sites for hydroxylation is 1. The zero-order valence-electron chi connectivity index (χ0n) is 21.6. The topological polar surface area (TPSA) is 101 Å². The predicted octanol–water partition coefficient (Wildman–Crippen LogP) is 3.43. The molecule has 1 aliphatic heterocycles. The standard InChI is InChI=1S/C27H39N5O4/c1-21(33)29-27(14-5-3-4-6-15-27)26-28-24(36-30-26)12-13-25(34)32-17-7-16-31(18-19-32)20-22-8-10-23(35-2)11-9-22/h8-11H,3-7,12-20H2,1-2H3,(H,29,33). The molecule has 1 N–H and O–H groups in total. The van der Waals surface area contributed by atoms with E-state index in [9.17, 15) is 9.59 Å². The van der Waals surface area contributed by atoms with Crippen molar-refractivity contribution in [3.05, 3.63) is 41.5 Å². The number of carbonyl (C=O) groups excluding carboxylic acids is 2. The lowest BCUT2D eigenvalue weighted by molar-refractivity contribution is -0.131. The molecule has 0 unspecified atom stereocenters. The SMILES string of the molecule is COc1ccc(CN2CCCN(C(=O)CCc3nc(C4(NC(C)=O)CCCCCC4)no3)CC2)cc1. The highest BCUT2D eigenvalue weighted by atomic mass is 16.5. The summed E-state index contributed by atoms with van der Waals surface area (Å²) in [6.45, 7) is 5.70. The van der Waals surface area contributed by atoms with Gasteiger partial charge in [-0.1, -0.05) is 43.0 Å². The molecular formula is C27H39N5O4. The fourth-order valence-electron chi connectivity index (χ4n) is 5.36. The zero-order chi connectivity index (χ0) is 25.4. The number of rotatable bonds is 8. The molecule has 0 spiro atoms. The Labute approximate surface area is 213 Å². The number of carbonyl (C=O) groups is 2. The minimum absolute atomic E-state index is 0.0828. The van der Waals surface area contributed by atoms with Gasteiger partial charge in [-0.05, 0) is 37.0 Å². The van der Waals surface area contributed by atoms with Crippen LogP contribution in [0.5, 0.6) is 5.75 Å². The molecule has 9 heteroatoms. The van der Waals surface area contributed by atoms with Crippen molar-refractivity contribution < 1.29 is 18.8 Å². The maximum Gasteiger partial charge on any atom is 0.227 e. The Balaban J connectivity index is 1.29. The van der Waals surface area contributed by atoms with Gasteiger partial charge in [0.25, 0.3) is 0 Å². The van der Waals surface area contributed by atoms with Gasteiger partial charge in [0.1, 0.15) is 11.3 Å². The molecule has 2 heterocycles. The average Bonchev–Trinajstić information content (AvgIpc) is 3.07. The first kappa shape index (κ1) is 26.1. The molecule has 4 rings (SSSR count). The highest BCUT2D eigenvalue weighted by Crippen LogP contribution is 2.34. The van der Waals surface area contributed by atoms with Gasteiger partial charge in [0, 0.05) is 52.5 Å². The van der Waals surface area contributed by atoms with Crippen molar-refractivity contribution in [3.63, 3.8) is 0 Å². The molecule has 36 heavy (non-hydrogen) atoms. The van der Waals surface area contributed by atoms with Gasteiger partial charge in [0.05, 0.1) is 7.11 Å². The van der Waals surface area contributed by atoms with Gasteiger partial charge >= 0.3 is 0 Å². The third-order valence-corrected chi connectivity index (χ3v) is 7.33. The van der Waals surface area contributed by atoms with E-state index in [1.165, 1.54) is 12.5 Å². The zero-order valence-corrected chi connectivity index (χ0v) is 21.6. The molecule has 2 aromatic rings. The van der Waals surface area contributed by atoms with Gasteiger partial charge in [-0.2, -0.15) is 4.98 Å². The van der Waals surface area contributed by atoms with Crippen LogP contribution in [-0.2, 0) is 28.1 Å². The summed E-state index contributed by atoms with van der Waals surface area (Å²) < 4.78 is 10.8. The third kappa shape index (κ3) is 6.84. The Bertz CT molecular complexity index is 998. The number of amides is 2. The average molecular weight is 498 g/mol. The molecule has 2 aliphatic rings. The Hall–Kier alpha value is -2.94. The van der Waals surface area contributed by atoms with E-state index in [0.29, 0.717) is 24.6 Å². The number of nitrogens with zero attached hydrogens (tertiary/aromatic N) is 4. The number of aromatic nitrogens is 2. The molecule has 0 bridgehead atoms. The van der Waals surface area contributed by atoms with Crippen LogP contribution in [0.1, 0.15) is 75.6 Å². The summed E-state index contributed by atoms with van der Waals surface area (Å²) in [5.41, 5.74) is 0.681. The van der Waals surface area contributed by atoms with E-state index in [1.807, 2.05) is 17.0 Å². The summed E-state index contributed by atoms with van der Waals surface area (Å²) in [5.74, 6) is 1.90. The first-order valence-corrected chi connectivity index (χ1v) is 13.2. The molecular weight excluding hydrogens is 458 g/mol. The lowest BCUT2D eigenvalue weighted by Crippen LogP contribution is -2.45. The fourth-order valence-corrected chi connectivity index (χ4v) is 5.36. The minimum atomic E-state index is -0.563. The van der Waals surface area contributed by atoms with E-state index in [0.717, 1.165) is 83.4 Å². The van der Waals surface area contributed by atoms with Crippen molar-refractivity contribution in [2.75, 3.05) is 33.3 Å². The summed E-state index contributed by atoms with van der Waals surface area (Å²) in [6.07, 6.45) is 7.66. The molecule has 1 aromatic heterocycles. The lowest BCUT2D eigenvalue weighted by atomic mass is 9.89. The summed E-state index contributed by atoms with van der Waals surface area (Å²) >= 11 is 0. The number of hydrogen-bond acceptors (Lipinski definition) is 7. The summed E-state index contributed by atoms with van der Waals surface area (Å²) in [7, 11) is 1.67. The quantitative estimate of drug-likeness (QED) is 0.558. The second-order valence-electron chi connectivity index (χ2n) is 10.0. The van der Waals surface area contributed by atoms with E-state index in [1.54, 1.807) is 7.11 Å². The van der Waals surface area contributed by atoms with Crippen molar-refractivity contribution in [2.45, 2.75) is 76.8 Å². The molecule has 9 nitrogen and oxygen atoms in total. The highest BCUT2D eigenvalue weighted by Gasteiger charge is 2.38. The minimum Gasteiger partial charge on any atom is -0.497 e. The Kier molecular flexibility index (Phi) is 8.96. The molecule has 1 saturated heterocycles. The predicted molar refractivity (Wildman–Crippen MR) is 135 cm³/mol. The third-order valence-electron chi connectivity index (χ3n) is 7.33. The van der Waals surface area contributed by atoms with Crippen LogP contribution in [0.15, 0.2) is 28.8 Å². The fraction of sp³-hybridized carbons (Fsp3) is 0.630. The molecule has 1 saturated carbocycles. The van der Waals surface area contributed by atoms with Gasteiger partial charge in [0.2, 0.25) is 17.7 Å². The molecule has 1 aliphatic carbocycles. The summed E-state index contributed by atoms with van der Waals surface area (Å²) in [4.78, 5) is 33.9. The van der Waals surface area contributed by atoms with Crippen molar-refractivity contribution in [1.82, 2.24) is 25.3 Å². The van der Waals surface area contributed by atoms with Crippen LogP contribution in [0.25, 0.3) is 0 Å². The Morgan fingerprint density at radius 3 is 2.47 bits per heavy atom. The number of benzene rings is 1. The second-order valence-corrected chi connectivity index (χ2v) is 10.0. The van der Waals surface area contributed by atoms with E-state index in [-0.39, 0.29) is 11.8 Å². The van der Waals surface area contributed by atoms with Gasteiger partial charge in [0.15, 0.2) is 5.82 Å². The van der Waals surface area contributed by atoms with Crippen molar-refractivity contribution in [1.29, 1.82) is 0 Å². The van der Waals surface area contributed by atoms with E-state index in [2.05, 4.69) is 32.5 Å². The van der Waals surface area contributed by atoms with Crippen molar-refractivity contribution >= 4 is 11.8 Å². The molecule has 1 aromatic carbocycles. The first-order chi connectivity index (χ1) is 17.5. The van der Waals surface area contributed by atoms with Gasteiger partial charge in [-0.25, -0.2) is 0 Å². The van der Waals surface area contributed by atoms with E-state index in [4.69, 9.17) is 9.26 Å². The molecule has 2 amide bonds. The maximum atomic E-state index is 13.0. The molecule has 0 radical (unpaired) electrons. The Morgan fingerprint density at radius 1 is 1.03 bits per heavy atom. The summed E-state index contributed by atoms with van der Waals surface area (Å²) in [6, 6.07) is 8.16. The largest absolute Gasteiger partial charge is 0.497 e. The monoisotopic (exact) mass is 497 g/mol. The van der Waals surface area contributed by atoms with Crippen molar-refractivity contribution in [3.8, 4) is 5.75 Å². The first-order valence-electron chi connectivity index (χ1n) is 13.2. The van der Waals surface area contributed by atoms with Gasteiger partial charge in [-0.15, -0.1) is 0 Å². The molecule has 0 atom stereocenters. The number of ether oxygens (including phenoxy) is 1. The van der Waals surface area contributed by atoms with Crippen LogP contribution in [0.3, 0.4) is 0 Å². The smallest absolute Gasteiger partial charge is 0.227 e. The normalized spacial score (nSPS) is 18.8. The van der Waals surface area contributed by atoms with Crippen LogP contribution in [0.4, 0.5) is 0 Å². The lowest BCUT2D eigenvalue weighted by Gasteiger charge is -2.30. The molecule has 2 fully saturated rings. The number of methoxy groups -OCH3 is 1. The van der Waals surface area contributed by atoms with Crippen LogP contribution in [-0.4, -0.2) is 65.0 Å². The van der Waals surface area contributed by atoms with Crippen LogP contribution in [0, 0.1) is 0 Å². The van der Waals surface area contributed by atoms with Crippen LogP contribution in [0.2, 0.25) is 0 Å². The van der Waals surface area contributed by atoms with Crippen molar-refractivity contribution in [2.24, 2.45) is 0 Å². The number of hydrogen-bond donors (Lipinski definition) is 1. The second kappa shape index (κ2) is 12.3. The van der Waals surface area contributed by atoms with Gasteiger partial charge in [-0.3, -0.25) is 14.5 Å². The van der Waals surface area contributed by atoms with Gasteiger partial charge < -0.3 is 19.5 Å². The highest BCUT2D eigenvalue weighted by molar-refractivity contribution is 5.76. The van der Waals surface area contributed by atoms with Crippen LogP contribution < -0.4 is 10.1 Å².